The lowest BCUT2D eigenvalue weighted by Crippen LogP contribution is -2.40. The van der Waals surface area contributed by atoms with E-state index in [1.165, 1.54) is 0 Å². The first-order valence-electron chi connectivity index (χ1n) is 5.66. The van der Waals surface area contributed by atoms with E-state index < -0.39 is 0 Å². The molecule has 0 atom stereocenters. The number of anilines is 1. The Balaban J connectivity index is 1.77. The number of ether oxygens (including phenoxy) is 3. The van der Waals surface area contributed by atoms with Crippen LogP contribution < -0.4 is 14.8 Å². The van der Waals surface area contributed by atoms with Gasteiger partial charge in [-0.1, -0.05) is 0 Å². The Hall–Kier alpha value is -1.42. The predicted octanol–water partition coefficient (Wildman–Crippen LogP) is 1.66. The van der Waals surface area contributed by atoms with Crippen LogP contribution in [0.4, 0.5) is 5.69 Å². The second kappa shape index (κ2) is 4.22. The van der Waals surface area contributed by atoms with Gasteiger partial charge in [0.2, 0.25) is 0 Å². The maximum atomic E-state index is 5.63. The standard InChI is InChI=1S/C12H15NO3/c1-4-15-11-3-2-9(6-12(11)16-5-1)13-10-7-14-8-10/h2-3,6,10,13H,1,4-5,7-8H2. The Labute approximate surface area is 94.5 Å². The highest BCUT2D eigenvalue weighted by Gasteiger charge is 2.18. The molecule has 16 heavy (non-hydrogen) atoms. The van der Waals surface area contributed by atoms with Crippen LogP contribution in [0.5, 0.6) is 11.5 Å². The molecule has 1 aromatic rings. The normalized spacial score (nSPS) is 19.8. The number of rotatable bonds is 2. The minimum Gasteiger partial charge on any atom is -0.490 e. The molecule has 0 aliphatic carbocycles. The molecule has 0 amide bonds. The summed E-state index contributed by atoms with van der Waals surface area (Å²) in [5, 5.41) is 3.39. The van der Waals surface area contributed by atoms with E-state index in [0.29, 0.717) is 6.04 Å². The summed E-state index contributed by atoms with van der Waals surface area (Å²) in [4.78, 5) is 0. The van der Waals surface area contributed by atoms with Gasteiger partial charge >= 0.3 is 0 Å². The average Bonchev–Trinajstić information content (AvgIpc) is 2.48. The summed E-state index contributed by atoms with van der Waals surface area (Å²) in [6.07, 6.45) is 0.938. The van der Waals surface area contributed by atoms with Crippen molar-refractivity contribution in [2.45, 2.75) is 12.5 Å². The van der Waals surface area contributed by atoms with Crippen LogP contribution in [0.3, 0.4) is 0 Å². The van der Waals surface area contributed by atoms with Crippen LogP contribution in [0, 0.1) is 0 Å². The summed E-state index contributed by atoms with van der Waals surface area (Å²) in [6.45, 7) is 3.03. The first-order valence-corrected chi connectivity index (χ1v) is 5.66. The highest BCUT2D eigenvalue weighted by molar-refractivity contribution is 5.55. The summed E-state index contributed by atoms with van der Waals surface area (Å²) in [6, 6.07) is 6.41. The predicted molar refractivity (Wildman–Crippen MR) is 60.3 cm³/mol. The largest absolute Gasteiger partial charge is 0.490 e. The van der Waals surface area contributed by atoms with Gasteiger partial charge in [0.15, 0.2) is 11.5 Å². The first-order chi connectivity index (χ1) is 7.92. The summed E-state index contributed by atoms with van der Waals surface area (Å²) < 4.78 is 16.3. The molecule has 2 aliphatic rings. The molecule has 2 aliphatic heterocycles. The molecular weight excluding hydrogens is 206 g/mol. The van der Waals surface area contributed by atoms with Crippen molar-refractivity contribution in [3.05, 3.63) is 18.2 Å². The van der Waals surface area contributed by atoms with E-state index in [1.807, 2.05) is 18.2 Å². The third-order valence-corrected chi connectivity index (χ3v) is 2.76. The lowest BCUT2D eigenvalue weighted by Gasteiger charge is -2.28. The Morgan fingerprint density at radius 3 is 2.62 bits per heavy atom. The van der Waals surface area contributed by atoms with Gasteiger partial charge in [-0.05, 0) is 12.1 Å². The highest BCUT2D eigenvalue weighted by Crippen LogP contribution is 2.32. The molecule has 4 nitrogen and oxygen atoms in total. The highest BCUT2D eigenvalue weighted by atomic mass is 16.5. The molecule has 3 rings (SSSR count). The summed E-state index contributed by atoms with van der Waals surface area (Å²) in [5.41, 5.74) is 1.07. The Kier molecular flexibility index (Phi) is 2.58. The molecule has 0 spiro atoms. The molecule has 1 aromatic carbocycles. The van der Waals surface area contributed by atoms with E-state index in [9.17, 15) is 0 Å². The second-order valence-electron chi connectivity index (χ2n) is 4.09. The molecule has 86 valence electrons. The van der Waals surface area contributed by atoms with Crippen molar-refractivity contribution in [1.29, 1.82) is 0 Å². The van der Waals surface area contributed by atoms with Crippen LogP contribution in [-0.4, -0.2) is 32.5 Å². The van der Waals surface area contributed by atoms with Gasteiger partial charge in [-0.2, -0.15) is 0 Å². The topological polar surface area (TPSA) is 39.7 Å². The van der Waals surface area contributed by atoms with Crippen molar-refractivity contribution in [3.63, 3.8) is 0 Å². The maximum absolute atomic E-state index is 5.63. The molecule has 0 aromatic heterocycles. The van der Waals surface area contributed by atoms with E-state index in [4.69, 9.17) is 14.2 Å². The molecule has 1 saturated heterocycles. The van der Waals surface area contributed by atoms with Gasteiger partial charge in [-0.25, -0.2) is 0 Å². The summed E-state index contributed by atoms with van der Waals surface area (Å²) in [7, 11) is 0. The SMILES string of the molecule is c1cc2c(cc1NC1COC1)OCCCO2. The van der Waals surface area contributed by atoms with Gasteiger partial charge in [-0.3, -0.25) is 0 Å². The molecule has 1 N–H and O–H groups in total. The number of hydrogen-bond donors (Lipinski definition) is 1. The fraction of sp³-hybridized carbons (Fsp3) is 0.500. The maximum Gasteiger partial charge on any atom is 0.163 e. The number of hydrogen-bond acceptors (Lipinski definition) is 4. The third-order valence-electron chi connectivity index (χ3n) is 2.76. The number of nitrogens with one attached hydrogen (secondary N) is 1. The molecular formula is C12H15NO3. The van der Waals surface area contributed by atoms with Gasteiger partial charge in [0.1, 0.15) is 0 Å². The van der Waals surface area contributed by atoms with E-state index >= 15 is 0 Å². The number of benzene rings is 1. The van der Waals surface area contributed by atoms with Crippen LogP contribution in [0.25, 0.3) is 0 Å². The lowest BCUT2D eigenvalue weighted by atomic mass is 10.2. The molecule has 4 heteroatoms. The molecule has 0 radical (unpaired) electrons. The van der Waals surface area contributed by atoms with Crippen LogP contribution >= 0.6 is 0 Å². The first kappa shape index (κ1) is 9.78. The zero-order chi connectivity index (χ0) is 10.8. The van der Waals surface area contributed by atoms with Crippen molar-refractivity contribution in [1.82, 2.24) is 0 Å². The second-order valence-corrected chi connectivity index (χ2v) is 4.09. The zero-order valence-electron chi connectivity index (χ0n) is 9.07. The van der Waals surface area contributed by atoms with E-state index in [-0.39, 0.29) is 0 Å². The van der Waals surface area contributed by atoms with Gasteiger partial charge < -0.3 is 19.5 Å². The summed E-state index contributed by atoms with van der Waals surface area (Å²) in [5.74, 6) is 1.68. The van der Waals surface area contributed by atoms with Gasteiger partial charge in [0.25, 0.3) is 0 Å². The molecule has 0 saturated carbocycles. The Morgan fingerprint density at radius 1 is 1.06 bits per heavy atom. The van der Waals surface area contributed by atoms with Crippen molar-refractivity contribution in [3.8, 4) is 11.5 Å². The van der Waals surface area contributed by atoms with Crippen LogP contribution in [0.15, 0.2) is 18.2 Å². The van der Waals surface area contributed by atoms with Gasteiger partial charge in [-0.15, -0.1) is 0 Å². The number of fused-ring (bicyclic) bond motifs is 1. The van der Waals surface area contributed by atoms with Gasteiger partial charge in [0, 0.05) is 18.2 Å². The van der Waals surface area contributed by atoms with Crippen molar-refractivity contribution < 1.29 is 14.2 Å². The van der Waals surface area contributed by atoms with Crippen molar-refractivity contribution >= 4 is 5.69 Å². The minimum absolute atomic E-state index is 0.435. The van der Waals surface area contributed by atoms with Crippen molar-refractivity contribution in [2.75, 3.05) is 31.7 Å². The fourth-order valence-corrected chi connectivity index (χ4v) is 1.81. The Morgan fingerprint density at radius 2 is 1.88 bits per heavy atom. The molecule has 1 fully saturated rings. The van der Waals surface area contributed by atoms with E-state index in [0.717, 1.165) is 50.0 Å². The molecule has 0 unspecified atom stereocenters. The monoisotopic (exact) mass is 221 g/mol. The van der Waals surface area contributed by atoms with Crippen LogP contribution in [0.2, 0.25) is 0 Å². The molecule has 2 heterocycles. The van der Waals surface area contributed by atoms with Gasteiger partial charge in [0.05, 0.1) is 32.5 Å². The fourth-order valence-electron chi connectivity index (χ4n) is 1.81. The smallest absolute Gasteiger partial charge is 0.163 e. The summed E-state index contributed by atoms with van der Waals surface area (Å²) >= 11 is 0. The third kappa shape index (κ3) is 1.93. The van der Waals surface area contributed by atoms with Crippen LogP contribution in [0.1, 0.15) is 6.42 Å². The van der Waals surface area contributed by atoms with Crippen LogP contribution in [-0.2, 0) is 4.74 Å². The van der Waals surface area contributed by atoms with E-state index in [2.05, 4.69) is 5.32 Å². The lowest BCUT2D eigenvalue weighted by molar-refractivity contribution is 0.0211. The van der Waals surface area contributed by atoms with Crippen molar-refractivity contribution in [2.24, 2.45) is 0 Å². The van der Waals surface area contributed by atoms with E-state index in [1.54, 1.807) is 0 Å². The quantitative estimate of drug-likeness (QED) is 0.824. The Bertz CT molecular complexity index is 377. The average molecular weight is 221 g/mol. The zero-order valence-corrected chi connectivity index (χ0v) is 9.07. The minimum atomic E-state index is 0.435. The molecule has 0 bridgehead atoms.